The summed E-state index contributed by atoms with van der Waals surface area (Å²) in [7, 11) is 0. The highest BCUT2D eigenvalue weighted by Crippen LogP contribution is 2.30. The highest BCUT2D eigenvalue weighted by molar-refractivity contribution is 6.16. The first-order valence-electron chi connectivity index (χ1n) is 6.94. The molecule has 1 amide bonds. The predicted molar refractivity (Wildman–Crippen MR) is 83.6 cm³/mol. The van der Waals surface area contributed by atoms with E-state index >= 15 is 0 Å². The Labute approximate surface area is 129 Å². The van der Waals surface area contributed by atoms with Gasteiger partial charge in [-0.2, -0.15) is 0 Å². The van der Waals surface area contributed by atoms with E-state index in [1.807, 2.05) is 43.5 Å². The van der Waals surface area contributed by atoms with E-state index in [4.69, 9.17) is 22.1 Å². The molecule has 2 aromatic rings. The lowest BCUT2D eigenvalue weighted by Crippen LogP contribution is -2.18. The number of hydrogen-bond donors (Lipinski definition) is 1. The zero-order valence-electron chi connectivity index (χ0n) is 12.5. The summed E-state index contributed by atoms with van der Waals surface area (Å²) in [6, 6.07) is 5.64. The minimum absolute atomic E-state index is 0.0586. The monoisotopic (exact) mass is 309 g/mol. The van der Waals surface area contributed by atoms with E-state index in [2.05, 4.69) is 4.98 Å². The van der Waals surface area contributed by atoms with Crippen LogP contribution in [0.3, 0.4) is 0 Å². The lowest BCUT2D eigenvalue weighted by Gasteiger charge is -2.15. The first kappa shape index (κ1) is 15.6. The van der Waals surface area contributed by atoms with Gasteiger partial charge in [0.25, 0.3) is 0 Å². The topological polar surface area (TPSA) is 70.1 Å². The van der Waals surface area contributed by atoms with E-state index in [9.17, 15) is 4.79 Å². The fourth-order valence-electron chi connectivity index (χ4n) is 2.46. The molecule has 0 bridgehead atoms. The van der Waals surface area contributed by atoms with Gasteiger partial charge in [0, 0.05) is 12.5 Å². The van der Waals surface area contributed by atoms with Crippen molar-refractivity contribution in [3.8, 4) is 5.75 Å². The van der Waals surface area contributed by atoms with Gasteiger partial charge in [0.05, 0.1) is 17.5 Å². The van der Waals surface area contributed by atoms with Crippen molar-refractivity contribution < 1.29 is 9.53 Å². The Morgan fingerprint density at radius 1 is 1.43 bits per heavy atom. The summed E-state index contributed by atoms with van der Waals surface area (Å²) in [4.78, 5) is 15.8. The number of fused-ring (bicyclic) bond motifs is 1. The van der Waals surface area contributed by atoms with Crippen LogP contribution in [-0.4, -0.2) is 21.6 Å². The molecule has 1 atom stereocenters. The summed E-state index contributed by atoms with van der Waals surface area (Å²) in [6.07, 6.45) is 0.299. The summed E-state index contributed by atoms with van der Waals surface area (Å²) >= 11 is 6.00. The van der Waals surface area contributed by atoms with E-state index in [1.54, 1.807) is 0 Å². The number of ether oxygens (including phenoxy) is 1. The van der Waals surface area contributed by atoms with E-state index in [-0.39, 0.29) is 30.4 Å². The molecule has 0 fully saturated rings. The quantitative estimate of drug-likeness (QED) is 0.834. The maximum Gasteiger partial charge on any atom is 0.219 e. The predicted octanol–water partition coefficient (Wildman–Crippen LogP) is 3.00. The molecule has 0 saturated heterocycles. The summed E-state index contributed by atoms with van der Waals surface area (Å²) < 4.78 is 7.75. The Kier molecular flexibility index (Phi) is 4.73. The molecule has 6 heteroatoms. The number of rotatable bonds is 6. The van der Waals surface area contributed by atoms with E-state index in [1.165, 1.54) is 0 Å². The van der Waals surface area contributed by atoms with Gasteiger partial charge in [-0.05, 0) is 32.9 Å². The van der Waals surface area contributed by atoms with Gasteiger partial charge in [-0.1, -0.05) is 6.07 Å². The van der Waals surface area contributed by atoms with Crippen molar-refractivity contribution in [2.45, 2.75) is 45.2 Å². The Hall–Kier alpha value is -1.75. The van der Waals surface area contributed by atoms with Crippen LogP contribution in [0, 0.1) is 0 Å². The number of halogens is 1. The Morgan fingerprint density at radius 3 is 2.71 bits per heavy atom. The fourth-order valence-corrected chi connectivity index (χ4v) is 2.65. The van der Waals surface area contributed by atoms with Crippen molar-refractivity contribution in [3.63, 3.8) is 0 Å². The smallest absolute Gasteiger partial charge is 0.219 e. The number of nitrogens with two attached hydrogens (primary N) is 1. The molecule has 5 nitrogen and oxygen atoms in total. The number of carbonyl (C=O) groups excluding carboxylic acids is 1. The second kappa shape index (κ2) is 6.35. The minimum Gasteiger partial charge on any atom is -0.489 e. The van der Waals surface area contributed by atoms with Crippen LogP contribution in [-0.2, 0) is 10.7 Å². The Morgan fingerprint density at radius 2 is 2.14 bits per heavy atom. The number of para-hydroxylation sites is 1. The van der Waals surface area contributed by atoms with Gasteiger partial charge in [0.1, 0.15) is 17.1 Å². The maximum absolute atomic E-state index is 11.2. The van der Waals surface area contributed by atoms with Crippen LogP contribution in [0.2, 0.25) is 0 Å². The summed E-state index contributed by atoms with van der Waals surface area (Å²) in [5, 5.41) is 0. The molecule has 0 saturated carbocycles. The minimum atomic E-state index is -0.348. The first-order valence-corrected chi connectivity index (χ1v) is 7.48. The third-order valence-electron chi connectivity index (χ3n) is 3.18. The van der Waals surface area contributed by atoms with Crippen LogP contribution >= 0.6 is 11.6 Å². The van der Waals surface area contributed by atoms with Crippen LogP contribution in [0.4, 0.5) is 0 Å². The zero-order valence-corrected chi connectivity index (χ0v) is 13.2. The van der Waals surface area contributed by atoms with Crippen LogP contribution < -0.4 is 10.5 Å². The molecule has 114 valence electrons. The van der Waals surface area contributed by atoms with Gasteiger partial charge in [0.2, 0.25) is 5.91 Å². The molecule has 1 heterocycles. The molecule has 0 aliphatic carbocycles. The van der Waals surface area contributed by atoms with Crippen molar-refractivity contribution in [1.29, 1.82) is 0 Å². The second-order valence-corrected chi connectivity index (χ2v) is 5.61. The van der Waals surface area contributed by atoms with Crippen LogP contribution in [0.1, 0.15) is 39.1 Å². The highest BCUT2D eigenvalue weighted by atomic mass is 35.5. The Bertz CT molecular complexity index is 652. The number of alkyl halides is 1. The molecule has 0 radical (unpaired) electrons. The molecular weight excluding hydrogens is 290 g/mol. The molecular formula is C15H20ClN3O2. The zero-order chi connectivity index (χ0) is 15.6. The van der Waals surface area contributed by atoms with E-state index in [0.717, 1.165) is 16.8 Å². The van der Waals surface area contributed by atoms with Crippen LogP contribution in [0.5, 0.6) is 5.75 Å². The van der Waals surface area contributed by atoms with Crippen molar-refractivity contribution in [1.82, 2.24) is 9.55 Å². The Balaban J connectivity index is 2.56. The molecule has 0 aliphatic heterocycles. The molecule has 0 spiro atoms. The fraction of sp³-hybridized carbons (Fsp3) is 0.467. The number of imidazole rings is 1. The van der Waals surface area contributed by atoms with Gasteiger partial charge in [-0.25, -0.2) is 4.98 Å². The largest absolute Gasteiger partial charge is 0.489 e. The summed E-state index contributed by atoms with van der Waals surface area (Å²) in [5.74, 6) is 1.34. The number of primary amides is 1. The standard InChI is InChI=1S/C15H20ClN3O2/c1-9(2)21-12-6-4-5-11-15(12)18-14(8-16)19(11)10(3)7-13(17)20/h4-6,9-10H,7-8H2,1-3H3,(H2,17,20). The number of aromatic nitrogens is 2. The van der Waals surface area contributed by atoms with Crippen molar-refractivity contribution in [2.75, 3.05) is 0 Å². The third-order valence-corrected chi connectivity index (χ3v) is 3.41. The molecule has 21 heavy (non-hydrogen) atoms. The van der Waals surface area contributed by atoms with Crippen molar-refractivity contribution >= 4 is 28.5 Å². The van der Waals surface area contributed by atoms with Gasteiger partial charge < -0.3 is 15.0 Å². The molecule has 1 aromatic carbocycles. The highest BCUT2D eigenvalue weighted by Gasteiger charge is 2.19. The molecule has 1 unspecified atom stereocenters. The third kappa shape index (κ3) is 3.29. The normalized spacial score (nSPS) is 12.8. The van der Waals surface area contributed by atoms with Gasteiger partial charge in [-0.3, -0.25) is 4.79 Å². The lowest BCUT2D eigenvalue weighted by atomic mass is 10.2. The molecule has 2 N–H and O–H groups in total. The van der Waals surface area contributed by atoms with Gasteiger partial charge in [0.15, 0.2) is 0 Å². The number of carbonyl (C=O) groups is 1. The summed E-state index contributed by atoms with van der Waals surface area (Å²) in [6.45, 7) is 5.86. The van der Waals surface area contributed by atoms with Crippen LogP contribution in [0.25, 0.3) is 11.0 Å². The maximum atomic E-state index is 11.2. The van der Waals surface area contributed by atoms with E-state index in [0.29, 0.717) is 5.82 Å². The van der Waals surface area contributed by atoms with Gasteiger partial charge in [-0.15, -0.1) is 11.6 Å². The second-order valence-electron chi connectivity index (χ2n) is 5.34. The number of nitrogens with zero attached hydrogens (tertiary/aromatic N) is 2. The number of hydrogen-bond acceptors (Lipinski definition) is 3. The van der Waals surface area contributed by atoms with Crippen molar-refractivity contribution in [2.24, 2.45) is 5.73 Å². The molecule has 2 rings (SSSR count). The molecule has 1 aromatic heterocycles. The average Bonchev–Trinajstić information content (AvgIpc) is 2.76. The van der Waals surface area contributed by atoms with Crippen LogP contribution in [0.15, 0.2) is 18.2 Å². The number of amides is 1. The summed E-state index contributed by atoms with van der Waals surface area (Å²) in [5.41, 5.74) is 6.96. The van der Waals surface area contributed by atoms with Gasteiger partial charge >= 0.3 is 0 Å². The average molecular weight is 310 g/mol. The number of benzene rings is 1. The first-order chi connectivity index (χ1) is 9.93. The molecule has 0 aliphatic rings. The SMILES string of the molecule is CC(C)Oc1cccc2c1nc(CCl)n2C(C)CC(N)=O. The lowest BCUT2D eigenvalue weighted by molar-refractivity contribution is -0.118. The van der Waals surface area contributed by atoms with E-state index < -0.39 is 0 Å². The van der Waals surface area contributed by atoms with Crippen molar-refractivity contribution in [3.05, 3.63) is 24.0 Å².